The van der Waals surface area contributed by atoms with Crippen molar-refractivity contribution in [1.82, 2.24) is 15.2 Å². The van der Waals surface area contributed by atoms with Crippen LogP contribution >= 0.6 is 24.0 Å². The van der Waals surface area contributed by atoms with E-state index in [2.05, 4.69) is 27.8 Å². The Morgan fingerprint density at radius 3 is 2.69 bits per heavy atom. The van der Waals surface area contributed by atoms with Crippen molar-refractivity contribution in [3.05, 3.63) is 108 Å². The van der Waals surface area contributed by atoms with E-state index in [1.807, 2.05) is 84.6 Å². The second-order valence-electron chi connectivity index (χ2n) is 8.56. The average Bonchev–Trinajstić information content (AvgIpc) is 3.47. The van der Waals surface area contributed by atoms with Crippen molar-refractivity contribution in [2.75, 3.05) is 11.9 Å². The van der Waals surface area contributed by atoms with E-state index in [-0.39, 0.29) is 24.4 Å². The third-order valence-corrected chi connectivity index (χ3v) is 7.22. The van der Waals surface area contributed by atoms with Gasteiger partial charge in [-0.3, -0.25) is 9.78 Å². The number of amides is 1. The molecule has 0 unspecified atom stereocenters. The predicted octanol–water partition coefficient (Wildman–Crippen LogP) is 6.14. The Labute approximate surface area is 220 Å². The van der Waals surface area contributed by atoms with Crippen molar-refractivity contribution in [2.45, 2.75) is 35.4 Å². The van der Waals surface area contributed by atoms with Gasteiger partial charge in [-0.05, 0) is 73.2 Å². The Kier molecular flexibility index (Phi) is 7.34. The monoisotopic (exact) mass is 514 g/mol. The molecule has 1 amide bonds. The molecule has 6 nitrogen and oxygen atoms in total. The summed E-state index contributed by atoms with van der Waals surface area (Å²) in [7, 11) is 0. The molecule has 8 heteroatoms. The number of aromatic nitrogens is 1. The minimum Gasteiger partial charge on any atom is -0.452 e. The molecule has 2 aromatic carbocycles. The van der Waals surface area contributed by atoms with E-state index in [9.17, 15) is 4.79 Å². The number of nitrogens with one attached hydrogen (secondary N) is 2. The number of hydrogen-bond donors (Lipinski definition) is 2. The number of benzene rings is 2. The Balaban J connectivity index is 1.36. The molecule has 1 aliphatic rings. The number of rotatable bonds is 8. The van der Waals surface area contributed by atoms with Gasteiger partial charge in [0.15, 0.2) is 10.2 Å². The molecule has 0 spiro atoms. The van der Waals surface area contributed by atoms with Gasteiger partial charge in [-0.15, -0.1) is 0 Å². The van der Waals surface area contributed by atoms with Crippen LogP contribution in [-0.2, 0) is 4.79 Å². The lowest BCUT2D eigenvalue weighted by Crippen LogP contribution is -2.32. The SMILES string of the molecule is Cc1cccc(NC(=O)CCN2C(=S)N[C@@H](c3ccccn3)[C@@H]2c2ccc(Sc3ccccc3)o2)c1. The largest absolute Gasteiger partial charge is 0.452 e. The molecule has 0 bridgehead atoms. The molecule has 1 saturated heterocycles. The number of carbonyl (C=O) groups is 1. The molecule has 0 radical (unpaired) electrons. The zero-order valence-electron chi connectivity index (χ0n) is 19.8. The molecule has 3 heterocycles. The van der Waals surface area contributed by atoms with Gasteiger partial charge >= 0.3 is 0 Å². The summed E-state index contributed by atoms with van der Waals surface area (Å²) in [4.78, 5) is 20.4. The lowest BCUT2D eigenvalue weighted by molar-refractivity contribution is -0.116. The lowest BCUT2D eigenvalue weighted by Gasteiger charge is -2.25. The van der Waals surface area contributed by atoms with Gasteiger partial charge in [0.2, 0.25) is 5.91 Å². The van der Waals surface area contributed by atoms with E-state index in [0.29, 0.717) is 11.7 Å². The number of thiocarbonyl (C=S) groups is 1. The number of hydrogen-bond acceptors (Lipinski definition) is 5. The number of furan rings is 1. The fourth-order valence-corrected chi connectivity index (χ4v) is 5.41. The fraction of sp³-hybridized carbons (Fsp3) is 0.179. The molecular formula is C28H26N4O2S2. The van der Waals surface area contributed by atoms with Crippen LogP contribution in [0, 0.1) is 6.92 Å². The normalized spacial score (nSPS) is 17.1. The summed E-state index contributed by atoms with van der Waals surface area (Å²) in [5, 5.41) is 7.76. The second kappa shape index (κ2) is 11.0. The van der Waals surface area contributed by atoms with Crippen molar-refractivity contribution < 1.29 is 9.21 Å². The first-order valence-electron chi connectivity index (χ1n) is 11.7. The van der Waals surface area contributed by atoms with Crippen LogP contribution in [0.15, 0.2) is 106 Å². The summed E-state index contributed by atoms with van der Waals surface area (Å²) in [5.74, 6) is 0.707. The van der Waals surface area contributed by atoms with E-state index >= 15 is 0 Å². The molecule has 2 aromatic heterocycles. The smallest absolute Gasteiger partial charge is 0.226 e. The van der Waals surface area contributed by atoms with Crippen LogP contribution in [-0.4, -0.2) is 27.4 Å². The maximum Gasteiger partial charge on any atom is 0.226 e. The molecular weight excluding hydrogens is 488 g/mol. The molecule has 36 heavy (non-hydrogen) atoms. The van der Waals surface area contributed by atoms with Crippen molar-refractivity contribution in [1.29, 1.82) is 0 Å². The number of anilines is 1. The topological polar surface area (TPSA) is 70.4 Å². The third kappa shape index (κ3) is 5.61. The zero-order valence-corrected chi connectivity index (χ0v) is 21.4. The van der Waals surface area contributed by atoms with E-state index < -0.39 is 0 Å². The summed E-state index contributed by atoms with van der Waals surface area (Å²) in [6, 6.07) is 27.2. The van der Waals surface area contributed by atoms with E-state index in [0.717, 1.165) is 32.7 Å². The lowest BCUT2D eigenvalue weighted by atomic mass is 10.0. The molecule has 2 atom stereocenters. The van der Waals surface area contributed by atoms with Gasteiger partial charge in [-0.1, -0.05) is 48.2 Å². The maximum absolute atomic E-state index is 12.7. The van der Waals surface area contributed by atoms with Gasteiger partial charge in [0.05, 0.1) is 11.7 Å². The van der Waals surface area contributed by atoms with Crippen LogP contribution in [0.2, 0.25) is 0 Å². The highest BCUT2D eigenvalue weighted by molar-refractivity contribution is 7.99. The van der Waals surface area contributed by atoms with E-state index in [4.69, 9.17) is 16.6 Å². The fourth-order valence-electron chi connectivity index (χ4n) is 4.28. The predicted molar refractivity (Wildman–Crippen MR) is 146 cm³/mol. The first kappa shape index (κ1) is 24.1. The third-order valence-electron chi connectivity index (χ3n) is 5.93. The Morgan fingerprint density at radius 1 is 1.08 bits per heavy atom. The van der Waals surface area contributed by atoms with Gasteiger partial charge in [0, 0.05) is 29.7 Å². The summed E-state index contributed by atoms with van der Waals surface area (Å²) in [5.41, 5.74) is 2.75. The number of aryl methyl sites for hydroxylation is 1. The van der Waals surface area contributed by atoms with E-state index in [1.165, 1.54) is 0 Å². The Bertz CT molecular complexity index is 1340. The minimum atomic E-state index is -0.232. The van der Waals surface area contributed by atoms with Gasteiger partial charge in [-0.2, -0.15) is 0 Å². The highest BCUT2D eigenvalue weighted by Gasteiger charge is 2.41. The van der Waals surface area contributed by atoms with Crippen molar-refractivity contribution in [3.8, 4) is 0 Å². The molecule has 5 rings (SSSR count). The van der Waals surface area contributed by atoms with Gasteiger partial charge in [0.25, 0.3) is 0 Å². The van der Waals surface area contributed by atoms with Crippen molar-refractivity contribution in [3.63, 3.8) is 0 Å². The second-order valence-corrected chi connectivity index (χ2v) is 10.0. The van der Waals surface area contributed by atoms with Crippen LogP contribution in [0.25, 0.3) is 0 Å². The highest BCUT2D eigenvalue weighted by Crippen LogP contribution is 2.41. The summed E-state index contributed by atoms with van der Waals surface area (Å²) in [6.07, 6.45) is 2.06. The molecule has 2 N–H and O–H groups in total. The van der Waals surface area contributed by atoms with Crippen LogP contribution in [0.4, 0.5) is 5.69 Å². The van der Waals surface area contributed by atoms with Gasteiger partial charge in [0.1, 0.15) is 11.8 Å². The number of nitrogens with zero attached hydrogens (tertiary/aromatic N) is 2. The number of pyridine rings is 1. The Hall–Kier alpha value is -3.62. The van der Waals surface area contributed by atoms with Crippen molar-refractivity contribution in [2.24, 2.45) is 0 Å². The number of carbonyl (C=O) groups excluding carboxylic acids is 1. The molecule has 4 aromatic rings. The Morgan fingerprint density at radius 2 is 1.92 bits per heavy atom. The molecule has 0 saturated carbocycles. The highest BCUT2D eigenvalue weighted by atomic mass is 32.2. The first-order valence-corrected chi connectivity index (χ1v) is 13.0. The summed E-state index contributed by atoms with van der Waals surface area (Å²) in [6.45, 7) is 2.44. The minimum absolute atomic E-state index is 0.0665. The quantitative estimate of drug-likeness (QED) is 0.274. The maximum atomic E-state index is 12.7. The summed E-state index contributed by atoms with van der Waals surface area (Å²) < 4.78 is 6.31. The summed E-state index contributed by atoms with van der Waals surface area (Å²) >= 11 is 7.28. The van der Waals surface area contributed by atoms with Crippen LogP contribution in [0.3, 0.4) is 0 Å². The molecule has 1 fully saturated rings. The van der Waals surface area contributed by atoms with Gasteiger partial charge in [-0.25, -0.2) is 0 Å². The van der Waals surface area contributed by atoms with Crippen molar-refractivity contribution >= 4 is 40.7 Å². The molecule has 1 aliphatic heterocycles. The average molecular weight is 515 g/mol. The van der Waals surface area contributed by atoms with Crippen LogP contribution in [0.1, 0.15) is 35.5 Å². The van der Waals surface area contributed by atoms with Crippen LogP contribution < -0.4 is 10.6 Å². The zero-order chi connectivity index (χ0) is 24.9. The van der Waals surface area contributed by atoms with Crippen LogP contribution in [0.5, 0.6) is 0 Å². The van der Waals surface area contributed by atoms with Gasteiger partial charge < -0.3 is 20.0 Å². The van der Waals surface area contributed by atoms with E-state index in [1.54, 1.807) is 18.0 Å². The standard InChI is InChI=1S/C28H26N4O2S2/c1-19-8-7-9-20(18-19)30-24(33)15-17-32-27(26(31-28(32)35)22-12-5-6-16-29-22)23-13-14-25(34-23)36-21-10-3-2-4-11-21/h2-14,16,18,26-27H,15,17H2,1H3,(H,30,33)(H,31,35)/t26-,27-/m0/s1. The molecule has 0 aliphatic carbocycles. The molecule has 182 valence electrons. The first-order chi connectivity index (χ1) is 17.6.